The number of ether oxygens (including phenoxy) is 1. The van der Waals surface area contributed by atoms with Crippen LogP contribution >= 0.6 is 0 Å². The summed E-state index contributed by atoms with van der Waals surface area (Å²) >= 11 is 0. The molecule has 1 amide bonds. The van der Waals surface area contributed by atoms with E-state index in [0.717, 1.165) is 66.0 Å². The predicted molar refractivity (Wildman–Crippen MR) is 158 cm³/mol. The molecule has 0 fully saturated rings. The van der Waals surface area contributed by atoms with Crippen LogP contribution in [0.5, 0.6) is 0 Å². The maximum atomic E-state index is 13.6. The van der Waals surface area contributed by atoms with Gasteiger partial charge >= 0.3 is 5.97 Å². The zero-order valence-corrected chi connectivity index (χ0v) is 23.0. The molecule has 0 bridgehead atoms. The number of carbonyl (C=O) groups is 2. The second-order valence-corrected chi connectivity index (χ2v) is 9.91. The normalized spacial score (nSPS) is 13.5. The minimum atomic E-state index is -0.449. The standard InChI is InChI=1S/C33H33FN4O3/c1-2-41-30(39)22-37-33(40)27-5-3-23(4-6-27)13-18-38-19-14-24(15-20-38)29-21-36-32(26-7-9-28(34)10-8-26)31(29)25-11-16-35-17-12-25/h3-12,14,16-17,21,36H,2,13,15,18-20,22H2,1H3,(H,37,40). The Labute approximate surface area is 239 Å². The molecular formula is C33H33FN4O3. The van der Waals surface area contributed by atoms with Gasteiger partial charge in [-0.3, -0.25) is 19.5 Å². The zero-order chi connectivity index (χ0) is 28.6. The fourth-order valence-electron chi connectivity index (χ4n) is 5.07. The number of aromatic amines is 1. The maximum absolute atomic E-state index is 13.6. The van der Waals surface area contributed by atoms with Gasteiger partial charge in [-0.2, -0.15) is 0 Å². The molecule has 1 aliphatic rings. The van der Waals surface area contributed by atoms with E-state index in [1.54, 1.807) is 43.6 Å². The van der Waals surface area contributed by atoms with Gasteiger partial charge in [0, 0.05) is 54.9 Å². The highest BCUT2D eigenvalue weighted by Gasteiger charge is 2.21. The average molecular weight is 553 g/mol. The molecule has 0 unspecified atom stereocenters. The van der Waals surface area contributed by atoms with Crippen LogP contribution in [-0.4, -0.2) is 59.5 Å². The van der Waals surface area contributed by atoms with Crippen molar-refractivity contribution in [3.63, 3.8) is 0 Å². The van der Waals surface area contributed by atoms with Crippen molar-refractivity contribution in [3.05, 3.63) is 108 Å². The number of hydrogen-bond acceptors (Lipinski definition) is 5. The van der Waals surface area contributed by atoms with Gasteiger partial charge < -0.3 is 15.0 Å². The summed E-state index contributed by atoms with van der Waals surface area (Å²) in [6, 6.07) is 18.1. The Morgan fingerprint density at radius 1 is 1.02 bits per heavy atom. The lowest BCUT2D eigenvalue weighted by Gasteiger charge is -2.26. The summed E-state index contributed by atoms with van der Waals surface area (Å²) in [7, 11) is 0. The fourth-order valence-corrected chi connectivity index (χ4v) is 5.07. The fraction of sp³-hybridized carbons (Fsp3) is 0.242. The number of carbonyl (C=O) groups excluding carboxylic acids is 2. The Bertz CT molecular complexity index is 1510. The van der Waals surface area contributed by atoms with Crippen molar-refractivity contribution < 1.29 is 18.7 Å². The summed E-state index contributed by atoms with van der Waals surface area (Å²) in [5.41, 5.74) is 8.18. The number of aromatic nitrogens is 2. The first-order valence-corrected chi connectivity index (χ1v) is 13.8. The quantitative estimate of drug-likeness (QED) is 0.254. The molecule has 2 aromatic carbocycles. The average Bonchev–Trinajstić information content (AvgIpc) is 3.45. The first-order chi connectivity index (χ1) is 20.0. The molecule has 41 heavy (non-hydrogen) atoms. The number of H-pyrrole nitrogens is 1. The highest BCUT2D eigenvalue weighted by Crippen LogP contribution is 2.39. The lowest BCUT2D eigenvalue weighted by molar-refractivity contribution is -0.141. The van der Waals surface area contributed by atoms with Crippen molar-refractivity contribution in [2.75, 3.05) is 32.8 Å². The Morgan fingerprint density at radius 2 is 1.78 bits per heavy atom. The molecule has 3 heterocycles. The third-order valence-corrected chi connectivity index (χ3v) is 7.25. The minimum absolute atomic E-state index is 0.140. The number of esters is 1. The molecule has 8 heteroatoms. The summed E-state index contributed by atoms with van der Waals surface area (Å²) in [5, 5.41) is 2.58. The van der Waals surface area contributed by atoms with E-state index in [0.29, 0.717) is 5.56 Å². The molecular weight excluding hydrogens is 519 g/mol. The van der Waals surface area contributed by atoms with Gasteiger partial charge in [-0.15, -0.1) is 0 Å². The smallest absolute Gasteiger partial charge is 0.325 e. The molecule has 0 saturated heterocycles. The van der Waals surface area contributed by atoms with Crippen molar-refractivity contribution in [1.29, 1.82) is 0 Å². The van der Waals surface area contributed by atoms with Crippen molar-refractivity contribution in [1.82, 2.24) is 20.2 Å². The van der Waals surface area contributed by atoms with Gasteiger partial charge in [-0.25, -0.2) is 4.39 Å². The van der Waals surface area contributed by atoms with Gasteiger partial charge in [-0.1, -0.05) is 18.2 Å². The van der Waals surface area contributed by atoms with Crippen molar-refractivity contribution >= 4 is 17.4 Å². The predicted octanol–water partition coefficient (Wildman–Crippen LogP) is 5.51. The second kappa shape index (κ2) is 13.2. The van der Waals surface area contributed by atoms with Crippen LogP contribution in [0.25, 0.3) is 28.0 Å². The van der Waals surface area contributed by atoms with E-state index in [1.807, 2.05) is 24.3 Å². The van der Waals surface area contributed by atoms with E-state index in [1.165, 1.54) is 17.7 Å². The van der Waals surface area contributed by atoms with Crippen LogP contribution in [0.2, 0.25) is 0 Å². The molecule has 0 atom stereocenters. The van der Waals surface area contributed by atoms with Gasteiger partial charge in [0.1, 0.15) is 12.4 Å². The second-order valence-electron chi connectivity index (χ2n) is 9.91. The third kappa shape index (κ3) is 6.96. The lowest BCUT2D eigenvalue weighted by atomic mass is 9.92. The van der Waals surface area contributed by atoms with Crippen molar-refractivity contribution in [2.24, 2.45) is 0 Å². The van der Waals surface area contributed by atoms with Crippen LogP contribution in [0.1, 0.15) is 34.8 Å². The molecule has 0 radical (unpaired) electrons. The van der Waals surface area contributed by atoms with Crippen LogP contribution in [0.15, 0.2) is 85.3 Å². The summed E-state index contributed by atoms with van der Waals surface area (Å²) in [5.74, 6) is -1.00. The Balaban J connectivity index is 1.22. The largest absolute Gasteiger partial charge is 0.465 e. The third-order valence-electron chi connectivity index (χ3n) is 7.25. The maximum Gasteiger partial charge on any atom is 0.325 e. The van der Waals surface area contributed by atoms with Crippen molar-refractivity contribution in [2.45, 2.75) is 19.8 Å². The molecule has 0 saturated carbocycles. The molecule has 4 aromatic rings. The van der Waals surface area contributed by atoms with Gasteiger partial charge in [0.25, 0.3) is 5.91 Å². The Morgan fingerprint density at radius 3 is 2.46 bits per heavy atom. The molecule has 210 valence electrons. The zero-order valence-electron chi connectivity index (χ0n) is 23.0. The number of pyridine rings is 1. The summed E-state index contributed by atoms with van der Waals surface area (Å²) in [6.07, 6.45) is 9.72. The molecule has 7 nitrogen and oxygen atoms in total. The van der Waals surface area contributed by atoms with Gasteiger partial charge in [0.2, 0.25) is 0 Å². The summed E-state index contributed by atoms with van der Waals surface area (Å²) in [4.78, 5) is 33.8. The number of nitrogens with one attached hydrogen (secondary N) is 2. The highest BCUT2D eigenvalue weighted by molar-refractivity contribution is 5.96. The van der Waals surface area contributed by atoms with Crippen LogP contribution in [0.3, 0.4) is 0 Å². The number of hydrogen-bond donors (Lipinski definition) is 2. The molecule has 1 aliphatic heterocycles. The monoisotopic (exact) mass is 552 g/mol. The summed E-state index contributed by atoms with van der Waals surface area (Å²) in [6.45, 7) is 4.56. The van der Waals surface area contributed by atoms with Crippen molar-refractivity contribution in [3.8, 4) is 22.4 Å². The van der Waals surface area contributed by atoms with Gasteiger partial charge in [0.15, 0.2) is 0 Å². The number of nitrogens with zero attached hydrogens (tertiary/aromatic N) is 2. The Hall–Kier alpha value is -4.56. The molecule has 2 N–H and O–H groups in total. The first kappa shape index (κ1) is 28.0. The van der Waals surface area contributed by atoms with Gasteiger partial charge in [-0.05, 0) is 90.6 Å². The van der Waals surface area contributed by atoms with E-state index in [-0.39, 0.29) is 24.9 Å². The molecule has 0 aliphatic carbocycles. The van der Waals surface area contributed by atoms with Crippen LogP contribution in [0.4, 0.5) is 4.39 Å². The number of amides is 1. The SMILES string of the molecule is CCOC(=O)CNC(=O)c1ccc(CCN2CC=C(c3c[nH]c(-c4ccc(F)cc4)c3-c3ccncc3)CC2)cc1. The van der Waals surface area contributed by atoms with Crippen LogP contribution in [-0.2, 0) is 16.0 Å². The first-order valence-electron chi connectivity index (χ1n) is 13.8. The van der Waals surface area contributed by atoms with E-state index in [2.05, 4.69) is 32.5 Å². The van der Waals surface area contributed by atoms with Crippen LogP contribution in [0, 0.1) is 5.82 Å². The van der Waals surface area contributed by atoms with E-state index in [4.69, 9.17) is 4.74 Å². The lowest BCUT2D eigenvalue weighted by Crippen LogP contribution is -2.31. The van der Waals surface area contributed by atoms with E-state index in [9.17, 15) is 14.0 Å². The van der Waals surface area contributed by atoms with Gasteiger partial charge in [0.05, 0.1) is 12.3 Å². The molecule has 5 rings (SSSR count). The Kier molecular flexibility index (Phi) is 9.01. The topological polar surface area (TPSA) is 87.3 Å². The molecule has 2 aromatic heterocycles. The number of halogens is 1. The highest BCUT2D eigenvalue weighted by atomic mass is 19.1. The number of benzene rings is 2. The molecule has 0 spiro atoms. The summed E-state index contributed by atoms with van der Waals surface area (Å²) < 4.78 is 18.4. The van der Waals surface area contributed by atoms with Crippen LogP contribution < -0.4 is 5.32 Å². The van der Waals surface area contributed by atoms with E-state index >= 15 is 0 Å². The van der Waals surface area contributed by atoms with E-state index < -0.39 is 5.97 Å². The number of rotatable bonds is 10. The minimum Gasteiger partial charge on any atom is -0.465 e.